The molecular weight excluding hydrogens is 1630 g/mol. The normalized spacial score (nSPS) is 36.1. The number of nitrogens with zero attached hydrogens (tertiary/aromatic N) is 2. The summed E-state index contributed by atoms with van der Waals surface area (Å²) in [6.07, 6.45) is -8.04. The maximum atomic E-state index is 15.1. The number of ketones is 3. The lowest BCUT2D eigenvalue weighted by Crippen LogP contribution is -2.61. The van der Waals surface area contributed by atoms with E-state index in [0.717, 1.165) is 11.1 Å². The number of Topliss-reactive ketones (excluding diaryl/α,β-unsaturated/α-hetero) is 3. The van der Waals surface area contributed by atoms with Crippen LogP contribution in [-0.4, -0.2) is 243 Å². The maximum absolute atomic E-state index is 15.1. The standard InChI is InChI=1S/C58H79NO14.C43H59NO10/c1-14-45-58(64,33-41-24-18-15-19-25-41)32-36(3)47(60)35(2)31-56(8,65-12)50(73-55-49(44(59(10)11)30-37(4)67-55)71-53(62)42-26-20-16-21-27-42)38(5)48(39(6)52(61)69-45)70-46-34-57(9,66-13)51(40(7)68-46)72-54(63)43-28-22-17-23-29-43;1-11-34-43(49,25-31-18-14-12-15-19-31)24-27(3)35(45)26(2)23-42(7,50-10)38(29(5)36(46)30(6)39(47)52-34)54-41-37(33(44(8)9)22-28(4)51-41)53-40(48)32-20-16-13-17-21-32/h15-29,32,35,37-40,44-46,48-51,55,64H,14,30-31,33-34H2,1-13H3;12-21,24,26,28-30,33-34,37-38,41,49H,11,22-23,25H2,1-10H3/b36-32+;27-24+/t35-,37-,38+,39-,40+,44+,45-,46?,48+,49-,50-,51+,55?,56+,57-,58-;26-,28-,29+,30-,33+,34-,37-,38-,41?,42+,43-/m11/s1. The summed E-state index contributed by atoms with van der Waals surface area (Å²) in [5.74, 6) is -9.63. The predicted octanol–water partition coefficient (Wildman–Crippen LogP) is 14.1. The van der Waals surface area contributed by atoms with Crippen molar-refractivity contribution in [2.45, 2.75) is 295 Å². The minimum absolute atomic E-state index is 0.0538. The predicted molar refractivity (Wildman–Crippen MR) is 477 cm³/mol. The summed E-state index contributed by atoms with van der Waals surface area (Å²) >= 11 is 0. The highest BCUT2D eigenvalue weighted by Crippen LogP contribution is 2.45. The van der Waals surface area contributed by atoms with Crippen LogP contribution in [0.2, 0.25) is 0 Å². The molecular formula is C101H138N2O24. The number of hydrogen-bond donors (Lipinski definition) is 2. The second-order valence-corrected chi connectivity index (χ2v) is 36.7. The Morgan fingerprint density at radius 1 is 0.441 bits per heavy atom. The lowest BCUT2D eigenvalue weighted by atomic mass is 9.75. The Balaban J connectivity index is 0.000000300. The van der Waals surface area contributed by atoms with Crippen LogP contribution in [0.1, 0.15) is 198 Å². The molecule has 0 spiro atoms. The number of esters is 5. The molecule has 0 bridgehead atoms. The van der Waals surface area contributed by atoms with Crippen LogP contribution in [0.4, 0.5) is 0 Å². The summed E-state index contributed by atoms with van der Waals surface area (Å²) in [6.45, 7) is 28.2. The molecule has 10 rings (SSSR count). The quantitative estimate of drug-likeness (QED) is 0.0349. The molecule has 127 heavy (non-hydrogen) atoms. The van der Waals surface area contributed by atoms with Crippen molar-refractivity contribution in [3.05, 3.63) is 203 Å². The summed E-state index contributed by atoms with van der Waals surface area (Å²) in [6, 6.07) is 43.9. The van der Waals surface area contributed by atoms with Crippen molar-refractivity contribution < 1.29 is 115 Å². The van der Waals surface area contributed by atoms with Gasteiger partial charge in [0.15, 0.2) is 54.5 Å². The second kappa shape index (κ2) is 44.8. The van der Waals surface area contributed by atoms with E-state index < -0.39 is 173 Å². The van der Waals surface area contributed by atoms with Crippen LogP contribution in [0.5, 0.6) is 0 Å². The van der Waals surface area contributed by atoms with Crippen LogP contribution in [0.25, 0.3) is 0 Å². The van der Waals surface area contributed by atoms with Crippen LogP contribution in [-0.2, 0) is 103 Å². The molecule has 5 aliphatic heterocycles. The fourth-order valence-corrected chi connectivity index (χ4v) is 19.0. The van der Waals surface area contributed by atoms with Crippen molar-refractivity contribution in [2.75, 3.05) is 49.5 Å². The highest BCUT2D eigenvalue weighted by Gasteiger charge is 2.57. The first-order chi connectivity index (χ1) is 60.0. The van der Waals surface area contributed by atoms with Gasteiger partial charge in [-0.05, 0) is 207 Å². The second-order valence-electron chi connectivity index (χ2n) is 36.7. The monoisotopic (exact) mass is 1760 g/mol. The van der Waals surface area contributed by atoms with Gasteiger partial charge in [0.05, 0.1) is 82.5 Å². The zero-order chi connectivity index (χ0) is 93.4. The third-order valence-electron chi connectivity index (χ3n) is 26.3. The van der Waals surface area contributed by atoms with Crippen LogP contribution >= 0.6 is 0 Å². The number of methoxy groups -OCH3 is 3. The van der Waals surface area contributed by atoms with Crippen molar-refractivity contribution in [2.24, 2.45) is 35.5 Å². The van der Waals surface area contributed by atoms with Gasteiger partial charge in [0.2, 0.25) is 0 Å². The Kier molecular flexibility index (Phi) is 36.1. The largest absolute Gasteiger partial charge is 0.459 e. The van der Waals surface area contributed by atoms with E-state index in [9.17, 15) is 43.8 Å². The molecule has 0 aliphatic carbocycles. The molecule has 5 aromatic rings. The first-order valence-corrected chi connectivity index (χ1v) is 44.6. The average molecular weight is 1760 g/mol. The fourth-order valence-electron chi connectivity index (χ4n) is 19.0. The van der Waals surface area contributed by atoms with Gasteiger partial charge < -0.3 is 86.3 Å². The third kappa shape index (κ3) is 25.1. The van der Waals surface area contributed by atoms with Crippen LogP contribution < -0.4 is 0 Å². The van der Waals surface area contributed by atoms with Crippen molar-refractivity contribution >= 4 is 47.2 Å². The summed E-state index contributed by atoms with van der Waals surface area (Å²) in [5, 5.41) is 25.0. The minimum Gasteiger partial charge on any atom is -0.459 e. The van der Waals surface area contributed by atoms with Crippen molar-refractivity contribution in [3.8, 4) is 0 Å². The maximum Gasteiger partial charge on any atom is 0.338 e. The zero-order valence-electron chi connectivity index (χ0n) is 78.4. The Hall–Kier alpha value is -8.58. The molecule has 5 aliphatic rings. The molecule has 696 valence electrons. The number of carbonyl (C=O) groups excluding carboxylic acids is 8. The number of carbonyl (C=O) groups is 8. The van der Waals surface area contributed by atoms with Gasteiger partial charge in [-0.2, -0.15) is 0 Å². The highest BCUT2D eigenvalue weighted by atomic mass is 16.7. The van der Waals surface area contributed by atoms with Crippen molar-refractivity contribution in [1.82, 2.24) is 9.80 Å². The Labute approximate surface area is 750 Å². The molecule has 3 saturated heterocycles. The van der Waals surface area contributed by atoms with Gasteiger partial charge >= 0.3 is 29.8 Å². The topological polar surface area (TPSA) is 313 Å². The highest BCUT2D eigenvalue weighted by molar-refractivity contribution is 6.00. The van der Waals surface area contributed by atoms with Gasteiger partial charge in [0, 0.05) is 64.3 Å². The molecule has 26 heteroatoms. The number of ether oxygens (including phenoxy) is 14. The zero-order valence-corrected chi connectivity index (χ0v) is 78.4. The van der Waals surface area contributed by atoms with Gasteiger partial charge in [0.25, 0.3) is 0 Å². The number of likely N-dealkylation sites (N-methyl/N-ethyl adjacent to an activating group) is 2. The Morgan fingerprint density at radius 3 is 1.17 bits per heavy atom. The summed E-state index contributed by atoms with van der Waals surface area (Å²) in [5.41, 5.74) is -4.08. The number of hydrogen-bond acceptors (Lipinski definition) is 26. The van der Waals surface area contributed by atoms with Crippen LogP contribution in [0.3, 0.4) is 0 Å². The van der Waals surface area contributed by atoms with Crippen LogP contribution in [0.15, 0.2) is 175 Å². The van der Waals surface area contributed by atoms with E-state index in [4.69, 9.17) is 66.3 Å². The molecule has 26 nitrogen and oxygen atoms in total. The van der Waals surface area contributed by atoms with Gasteiger partial charge in [-0.15, -0.1) is 0 Å². The summed E-state index contributed by atoms with van der Waals surface area (Å²) in [4.78, 5) is 117. The third-order valence-corrected chi connectivity index (χ3v) is 26.3. The lowest BCUT2D eigenvalue weighted by Gasteiger charge is -2.50. The molecule has 0 radical (unpaired) electrons. The summed E-state index contributed by atoms with van der Waals surface area (Å²) in [7, 11) is 12.1. The SMILES string of the molecule is CC[C@H]1OC(=O)[C@H](C)C(=O)[C@H](C)[C@@H](OC2O[C@H](C)C[C@H](N(C)C)[C@H]2OC(=O)c2ccccc2)[C@@](C)(OC)C[C@@H](C)C(=O)/C(C)=C/[C@@]1(O)Cc1ccccc1.CC[C@H]1OC(=O)[C@H](C)[C@@H](OC2C[C@@](C)(OC)[C@@H](OC(=O)c3ccccc3)[C@H](C)O2)[C@H](C)[C@@H](OC2O[C@H](C)C[C@H](N(C)C)[C@H]2OC(=O)c2ccccc2)[C@@](C)(OC)C[C@@H](C)C(=O)/C(C)=C/[C@@]1(O)Cc1ccccc1. The molecule has 2 N–H and O–H groups in total. The molecule has 0 aromatic heterocycles. The van der Waals surface area contributed by atoms with E-state index in [-0.39, 0.29) is 80.8 Å². The minimum atomic E-state index is -1.80. The van der Waals surface area contributed by atoms with Gasteiger partial charge in [0.1, 0.15) is 34.9 Å². The number of allylic oxidation sites excluding steroid dienone is 2. The van der Waals surface area contributed by atoms with E-state index in [0.29, 0.717) is 40.7 Å². The molecule has 5 heterocycles. The number of aliphatic hydroxyl groups is 2. The molecule has 3 fully saturated rings. The number of cyclic esters (lactones) is 2. The van der Waals surface area contributed by atoms with Crippen molar-refractivity contribution in [3.63, 3.8) is 0 Å². The van der Waals surface area contributed by atoms with E-state index in [1.54, 1.807) is 134 Å². The molecule has 0 amide bonds. The number of rotatable bonds is 23. The Morgan fingerprint density at radius 2 is 0.795 bits per heavy atom. The van der Waals surface area contributed by atoms with E-state index in [1.165, 1.54) is 40.4 Å². The summed E-state index contributed by atoms with van der Waals surface area (Å²) < 4.78 is 90.7. The van der Waals surface area contributed by atoms with E-state index in [1.807, 2.05) is 159 Å². The smallest absolute Gasteiger partial charge is 0.338 e. The number of benzene rings is 5. The van der Waals surface area contributed by atoms with Gasteiger partial charge in [-0.25, -0.2) is 14.4 Å². The van der Waals surface area contributed by atoms with Crippen molar-refractivity contribution in [1.29, 1.82) is 0 Å². The first-order valence-electron chi connectivity index (χ1n) is 44.6. The molecule has 3 unspecified atom stereocenters. The van der Waals surface area contributed by atoms with E-state index >= 15 is 4.79 Å². The van der Waals surface area contributed by atoms with Gasteiger partial charge in [-0.3, -0.25) is 24.0 Å². The van der Waals surface area contributed by atoms with Crippen LogP contribution in [0, 0.1) is 35.5 Å². The average Bonchev–Trinajstić information content (AvgIpc) is 0.774. The first kappa shape index (κ1) is 102. The molecule has 0 saturated carbocycles. The molecule has 27 atom stereocenters. The Bertz CT molecular complexity index is 4520. The fraction of sp³-hybridized carbons (Fsp3) is 0.584. The van der Waals surface area contributed by atoms with E-state index in [2.05, 4.69) is 0 Å². The van der Waals surface area contributed by atoms with Gasteiger partial charge in [-0.1, -0.05) is 157 Å². The molecule has 5 aromatic carbocycles. The lowest BCUT2D eigenvalue weighted by molar-refractivity contribution is -0.318.